The Morgan fingerprint density at radius 2 is 2.27 bits per heavy atom. The molecule has 11 heavy (non-hydrogen) atoms. The molecule has 0 unspecified atom stereocenters. The molecule has 0 amide bonds. The van der Waals surface area contributed by atoms with Crippen LogP contribution in [0.4, 0.5) is 0 Å². The van der Waals surface area contributed by atoms with E-state index in [1.807, 2.05) is 0 Å². The van der Waals surface area contributed by atoms with Crippen molar-refractivity contribution in [2.75, 3.05) is 19.7 Å². The second kappa shape index (κ2) is 4.07. The number of hydrogen-bond donors (Lipinski definition) is 0. The summed E-state index contributed by atoms with van der Waals surface area (Å²) in [7, 11) is 0. The van der Waals surface area contributed by atoms with Crippen molar-refractivity contribution >= 4 is 0 Å². The van der Waals surface area contributed by atoms with Crippen molar-refractivity contribution in [2.24, 2.45) is 0 Å². The molecular weight excluding hydrogens is 138 g/mol. The van der Waals surface area contributed by atoms with E-state index in [0.717, 1.165) is 26.1 Å². The maximum atomic E-state index is 5.57. The van der Waals surface area contributed by atoms with Gasteiger partial charge in [-0.3, -0.25) is 4.90 Å². The van der Waals surface area contributed by atoms with Crippen molar-refractivity contribution < 1.29 is 4.74 Å². The summed E-state index contributed by atoms with van der Waals surface area (Å²) in [6.45, 7) is 9.82. The summed E-state index contributed by atoms with van der Waals surface area (Å²) in [6.07, 6.45) is 1.62. The molecule has 0 aromatic carbocycles. The Bertz CT molecular complexity index is 114. The number of hydrogen-bond acceptors (Lipinski definition) is 2. The predicted octanol–water partition coefficient (Wildman–Crippen LogP) is 1.51. The summed E-state index contributed by atoms with van der Waals surface area (Å²) in [5.74, 6) is 0. The van der Waals surface area contributed by atoms with Gasteiger partial charge in [0.15, 0.2) is 0 Å². The van der Waals surface area contributed by atoms with Crippen LogP contribution in [-0.4, -0.2) is 36.7 Å². The highest BCUT2D eigenvalue weighted by atomic mass is 16.5. The number of ether oxygens (including phenoxy) is 1. The average Bonchev–Trinajstić information content (AvgIpc) is 2.05. The van der Waals surface area contributed by atoms with Gasteiger partial charge in [-0.2, -0.15) is 0 Å². The van der Waals surface area contributed by atoms with E-state index in [9.17, 15) is 0 Å². The van der Waals surface area contributed by atoms with Crippen LogP contribution in [0.5, 0.6) is 0 Å². The van der Waals surface area contributed by atoms with Crippen molar-refractivity contribution in [1.29, 1.82) is 0 Å². The molecule has 0 spiro atoms. The average molecular weight is 157 g/mol. The third-order valence-corrected chi connectivity index (χ3v) is 2.36. The lowest BCUT2D eigenvalue weighted by molar-refractivity contribution is -0.0396. The summed E-state index contributed by atoms with van der Waals surface area (Å²) < 4.78 is 5.57. The zero-order chi connectivity index (χ0) is 8.27. The Labute approximate surface area is 69.5 Å². The molecule has 1 aliphatic heterocycles. The molecule has 0 N–H and O–H groups in total. The molecule has 1 heterocycles. The normalized spacial score (nSPS) is 27.8. The minimum absolute atomic E-state index is 0.478. The standard InChI is InChI=1S/C9H19NO/c1-4-9-7-10(8(2)3)5-6-11-9/h8-9H,4-7H2,1-3H3/t9-/m1/s1. The van der Waals surface area contributed by atoms with E-state index in [-0.39, 0.29) is 0 Å². The largest absolute Gasteiger partial charge is 0.376 e. The van der Waals surface area contributed by atoms with Gasteiger partial charge in [-0.1, -0.05) is 6.92 Å². The molecule has 1 saturated heterocycles. The molecule has 0 aromatic rings. The zero-order valence-electron chi connectivity index (χ0n) is 7.84. The van der Waals surface area contributed by atoms with E-state index in [2.05, 4.69) is 25.7 Å². The van der Waals surface area contributed by atoms with Crippen LogP contribution in [-0.2, 0) is 4.74 Å². The van der Waals surface area contributed by atoms with Gasteiger partial charge in [0.05, 0.1) is 12.7 Å². The van der Waals surface area contributed by atoms with Crippen LogP contribution in [0.15, 0.2) is 0 Å². The lowest BCUT2D eigenvalue weighted by atomic mass is 10.2. The number of nitrogens with zero attached hydrogens (tertiary/aromatic N) is 1. The van der Waals surface area contributed by atoms with Gasteiger partial charge in [0.25, 0.3) is 0 Å². The van der Waals surface area contributed by atoms with Gasteiger partial charge in [0.1, 0.15) is 0 Å². The minimum atomic E-state index is 0.478. The lowest BCUT2D eigenvalue weighted by Gasteiger charge is -2.35. The summed E-state index contributed by atoms with van der Waals surface area (Å²) in [5, 5.41) is 0. The van der Waals surface area contributed by atoms with Crippen molar-refractivity contribution in [3.63, 3.8) is 0 Å². The molecule has 1 aliphatic rings. The molecule has 66 valence electrons. The maximum Gasteiger partial charge on any atom is 0.0700 e. The van der Waals surface area contributed by atoms with Crippen LogP contribution in [0.1, 0.15) is 27.2 Å². The monoisotopic (exact) mass is 157 g/mol. The Morgan fingerprint density at radius 3 is 2.82 bits per heavy atom. The van der Waals surface area contributed by atoms with Gasteiger partial charge in [-0.15, -0.1) is 0 Å². The lowest BCUT2D eigenvalue weighted by Crippen LogP contribution is -2.45. The van der Waals surface area contributed by atoms with Crippen LogP contribution in [0.3, 0.4) is 0 Å². The molecular formula is C9H19NO. The van der Waals surface area contributed by atoms with Crippen LogP contribution < -0.4 is 0 Å². The molecule has 0 aromatic heterocycles. The third kappa shape index (κ3) is 2.46. The van der Waals surface area contributed by atoms with Crippen molar-refractivity contribution in [1.82, 2.24) is 4.90 Å². The highest BCUT2D eigenvalue weighted by Gasteiger charge is 2.20. The van der Waals surface area contributed by atoms with E-state index in [4.69, 9.17) is 4.74 Å². The Hall–Kier alpha value is -0.0800. The fourth-order valence-corrected chi connectivity index (χ4v) is 1.46. The van der Waals surface area contributed by atoms with Crippen LogP contribution in [0.25, 0.3) is 0 Å². The molecule has 2 heteroatoms. The van der Waals surface area contributed by atoms with Gasteiger partial charge in [0.2, 0.25) is 0 Å². The predicted molar refractivity (Wildman–Crippen MR) is 46.7 cm³/mol. The van der Waals surface area contributed by atoms with Gasteiger partial charge in [0, 0.05) is 19.1 Å². The Balaban J connectivity index is 2.33. The molecule has 1 rings (SSSR count). The fraction of sp³-hybridized carbons (Fsp3) is 1.00. The van der Waals surface area contributed by atoms with Gasteiger partial charge in [-0.25, -0.2) is 0 Å². The summed E-state index contributed by atoms with van der Waals surface area (Å²) in [6, 6.07) is 0.674. The molecule has 1 atom stereocenters. The summed E-state index contributed by atoms with van der Waals surface area (Å²) in [5.41, 5.74) is 0. The second-order valence-corrected chi connectivity index (χ2v) is 3.49. The van der Waals surface area contributed by atoms with Crippen molar-refractivity contribution in [3.8, 4) is 0 Å². The minimum Gasteiger partial charge on any atom is -0.376 e. The molecule has 0 bridgehead atoms. The van der Waals surface area contributed by atoms with Gasteiger partial charge < -0.3 is 4.74 Å². The third-order valence-electron chi connectivity index (χ3n) is 2.36. The molecule has 0 saturated carbocycles. The first-order valence-corrected chi connectivity index (χ1v) is 4.59. The number of rotatable bonds is 2. The van der Waals surface area contributed by atoms with Crippen LogP contribution in [0, 0.1) is 0 Å². The van der Waals surface area contributed by atoms with Crippen molar-refractivity contribution in [2.45, 2.75) is 39.3 Å². The maximum absolute atomic E-state index is 5.57. The topological polar surface area (TPSA) is 12.5 Å². The highest BCUT2D eigenvalue weighted by molar-refractivity contribution is 4.72. The number of morpholine rings is 1. The van der Waals surface area contributed by atoms with E-state index < -0.39 is 0 Å². The summed E-state index contributed by atoms with van der Waals surface area (Å²) in [4.78, 5) is 2.48. The molecule has 0 radical (unpaired) electrons. The second-order valence-electron chi connectivity index (χ2n) is 3.49. The van der Waals surface area contributed by atoms with Crippen LogP contribution in [0.2, 0.25) is 0 Å². The van der Waals surface area contributed by atoms with Crippen molar-refractivity contribution in [3.05, 3.63) is 0 Å². The van der Waals surface area contributed by atoms with Gasteiger partial charge >= 0.3 is 0 Å². The molecule has 2 nitrogen and oxygen atoms in total. The van der Waals surface area contributed by atoms with Crippen LogP contribution >= 0.6 is 0 Å². The first kappa shape index (κ1) is 9.01. The van der Waals surface area contributed by atoms with Gasteiger partial charge in [-0.05, 0) is 20.3 Å². The van der Waals surface area contributed by atoms with E-state index in [1.54, 1.807) is 0 Å². The zero-order valence-corrected chi connectivity index (χ0v) is 7.84. The molecule has 1 fully saturated rings. The Morgan fingerprint density at radius 1 is 1.55 bits per heavy atom. The molecule has 0 aliphatic carbocycles. The quantitative estimate of drug-likeness (QED) is 0.602. The fourth-order valence-electron chi connectivity index (χ4n) is 1.46. The Kier molecular flexibility index (Phi) is 3.34. The van der Waals surface area contributed by atoms with E-state index in [0.29, 0.717) is 12.1 Å². The smallest absolute Gasteiger partial charge is 0.0700 e. The first-order chi connectivity index (χ1) is 5.24. The highest BCUT2D eigenvalue weighted by Crippen LogP contribution is 2.10. The first-order valence-electron chi connectivity index (χ1n) is 4.59. The van der Waals surface area contributed by atoms with E-state index >= 15 is 0 Å². The van der Waals surface area contributed by atoms with E-state index in [1.165, 1.54) is 0 Å². The summed E-state index contributed by atoms with van der Waals surface area (Å²) >= 11 is 0. The SMILES string of the molecule is CC[C@@H]1CN(C(C)C)CCO1.